The van der Waals surface area contributed by atoms with Crippen molar-refractivity contribution in [2.24, 2.45) is 12.8 Å². The second-order valence-corrected chi connectivity index (χ2v) is 7.49. The van der Waals surface area contributed by atoms with Gasteiger partial charge in [0.25, 0.3) is 0 Å². The first-order valence-electron chi connectivity index (χ1n) is 9.51. The molecule has 0 aliphatic heterocycles. The highest BCUT2D eigenvalue weighted by Crippen LogP contribution is 2.49. The SMILES string of the molecule is Cn1cc(Cc2ncc(C(F)(F)F)c(C#Cc3ccccc3C3(C(N)=O)CC3)n2)cn1. The van der Waals surface area contributed by atoms with Gasteiger partial charge in [0.1, 0.15) is 17.1 Å². The number of nitrogens with two attached hydrogens (primary N) is 1. The van der Waals surface area contributed by atoms with Crippen molar-refractivity contribution in [3.8, 4) is 11.8 Å². The van der Waals surface area contributed by atoms with Crippen LogP contribution in [0, 0.1) is 11.8 Å². The van der Waals surface area contributed by atoms with Crippen LogP contribution in [0.3, 0.4) is 0 Å². The molecule has 2 heterocycles. The largest absolute Gasteiger partial charge is 0.420 e. The topological polar surface area (TPSA) is 86.7 Å². The summed E-state index contributed by atoms with van der Waals surface area (Å²) in [5.41, 5.74) is 5.19. The fourth-order valence-corrected chi connectivity index (χ4v) is 3.46. The number of aromatic nitrogens is 4. The third-order valence-corrected chi connectivity index (χ3v) is 5.24. The maximum absolute atomic E-state index is 13.5. The third kappa shape index (κ3) is 4.14. The molecule has 1 aliphatic rings. The van der Waals surface area contributed by atoms with Crippen LogP contribution in [0.25, 0.3) is 0 Å². The molecule has 0 bridgehead atoms. The Labute approximate surface area is 176 Å². The van der Waals surface area contributed by atoms with Gasteiger partial charge in [0.05, 0.1) is 11.6 Å². The first-order chi connectivity index (χ1) is 14.7. The summed E-state index contributed by atoms with van der Waals surface area (Å²) in [4.78, 5) is 19.8. The van der Waals surface area contributed by atoms with Crippen molar-refractivity contribution in [2.75, 3.05) is 0 Å². The molecule has 0 atom stereocenters. The van der Waals surface area contributed by atoms with Gasteiger partial charge in [-0.3, -0.25) is 9.48 Å². The number of halogens is 3. The minimum absolute atomic E-state index is 0.203. The number of carbonyl (C=O) groups is 1. The number of amides is 1. The molecule has 1 aliphatic carbocycles. The Morgan fingerprint density at radius 2 is 1.97 bits per heavy atom. The van der Waals surface area contributed by atoms with Gasteiger partial charge >= 0.3 is 6.18 Å². The van der Waals surface area contributed by atoms with Gasteiger partial charge < -0.3 is 5.73 Å². The Morgan fingerprint density at radius 1 is 1.23 bits per heavy atom. The molecule has 158 valence electrons. The third-order valence-electron chi connectivity index (χ3n) is 5.24. The lowest BCUT2D eigenvalue weighted by molar-refractivity contribution is -0.138. The molecule has 1 amide bonds. The Kier molecular flexibility index (Phi) is 5.01. The molecule has 1 aromatic carbocycles. The van der Waals surface area contributed by atoms with Crippen LogP contribution in [0.4, 0.5) is 13.2 Å². The molecule has 4 rings (SSSR count). The van der Waals surface area contributed by atoms with Crippen LogP contribution in [0.5, 0.6) is 0 Å². The standard InChI is InChI=1S/C22H18F3N5O/c1-30-13-14(11-28-30)10-19-27-12-17(22(23,24)25)18(29-19)7-6-15-4-2-3-5-16(15)21(8-9-21)20(26)31/h2-5,11-13H,8-10H2,1H3,(H2,26,31). The van der Waals surface area contributed by atoms with E-state index in [1.165, 1.54) is 0 Å². The predicted molar refractivity (Wildman–Crippen MR) is 106 cm³/mol. The number of aryl methyl sites for hydroxylation is 1. The van der Waals surface area contributed by atoms with Gasteiger partial charge in [-0.2, -0.15) is 18.3 Å². The van der Waals surface area contributed by atoms with Gasteiger partial charge in [-0.25, -0.2) is 9.97 Å². The average molecular weight is 425 g/mol. The normalized spacial score (nSPS) is 14.6. The highest BCUT2D eigenvalue weighted by molar-refractivity contribution is 5.90. The lowest BCUT2D eigenvalue weighted by Gasteiger charge is -2.13. The molecule has 1 fully saturated rings. The molecule has 9 heteroatoms. The molecule has 0 unspecified atom stereocenters. The molecule has 3 aromatic rings. The highest BCUT2D eigenvalue weighted by Gasteiger charge is 2.51. The van der Waals surface area contributed by atoms with Crippen molar-refractivity contribution < 1.29 is 18.0 Å². The maximum atomic E-state index is 13.5. The molecule has 0 saturated heterocycles. The summed E-state index contributed by atoms with van der Waals surface area (Å²) >= 11 is 0. The lowest BCUT2D eigenvalue weighted by Crippen LogP contribution is -2.29. The van der Waals surface area contributed by atoms with Crippen molar-refractivity contribution in [3.63, 3.8) is 0 Å². The lowest BCUT2D eigenvalue weighted by atomic mass is 9.91. The van der Waals surface area contributed by atoms with Crippen LogP contribution in [-0.4, -0.2) is 25.7 Å². The Balaban J connectivity index is 1.74. The summed E-state index contributed by atoms with van der Waals surface area (Å²) in [7, 11) is 1.74. The van der Waals surface area contributed by atoms with E-state index in [-0.39, 0.29) is 12.2 Å². The Bertz CT molecular complexity index is 1220. The molecule has 0 radical (unpaired) electrons. The van der Waals surface area contributed by atoms with E-state index in [0.29, 0.717) is 24.0 Å². The summed E-state index contributed by atoms with van der Waals surface area (Å²) < 4.78 is 42.1. The first-order valence-corrected chi connectivity index (χ1v) is 9.51. The number of benzene rings is 1. The summed E-state index contributed by atoms with van der Waals surface area (Å²) in [5.74, 6) is 5.07. The van der Waals surface area contributed by atoms with Gasteiger partial charge in [0, 0.05) is 31.4 Å². The molecule has 0 spiro atoms. The Morgan fingerprint density at radius 3 is 2.58 bits per heavy atom. The van der Waals surface area contributed by atoms with Gasteiger partial charge in [-0.15, -0.1) is 0 Å². The van der Waals surface area contributed by atoms with Gasteiger partial charge in [-0.1, -0.05) is 24.1 Å². The monoisotopic (exact) mass is 425 g/mol. The number of carbonyl (C=O) groups excluding carboxylic acids is 1. The van der Waals surface area contributed by atoms with Crippen LogP contribution in [0.2, 0.25) is 0 Å². The van der Waals surface area contributed by atoms with Crippen LogP contribution in [0.1, 0.15) is 46.6 Å². The fraction of sp³-hybridized carbons (Fsp3) is 0.273. The van der Waals surface area contributed by atoms with Crippen molar-refractivity contribution >= 4 is 5.91 Å². The van der Waals surface area contributed by atoms with E-state index >= 15 is 0 Å². The van der Waals surface area contributed by atoms with Crippen LogP contribution in [0.15, 0.2) is 42.9 Å². The smallest absolute Gasteiger partial charge is 0.369 e. The number of rotatable bonds is 4. The minimum Gasteiger partial charge on any atom is -0.369 e. The van der Waals surface area contributed by atoms with Crippen molar-refractivity contribution in [3.05, 3.63) is 76.6 Å². The van der Waals surface area contributed by atoms with Crippen LogP contribution < -0.4 is 5.73 Å². The zero-order chi connectivity index (χ0) is 22.2. The van der Waals surface area contributed by atoms with Crippen molar-refractivity contribution in [2.45, 2.75) is 30.9 Å². The number of hydrogen-bond donors (Lipinski definition) is 1. The molecule has 2 aromatic heterocycles. The van der Waals surface area contributed by atoms with Crippen molar-refractivity contribution in [1.29, 1.82) is 0 Å². The van der Waals surface area contributed by atoms with E-state index in [9.17, 15) is 18.0 Å². The second-order valence-electron chi connectivity index (χ2n) is 7.49. The zero-order valence-electron chi connectivity index (χ0n) is 16.6. The highest BCUT2D eigenvalue weighted by atomic mass is 19.4. The minimum atomic E-state index is -4.65. The van der Waals surface area contributed by atoms with Gasteiger partial charge in [0.2, 0.25) is 5.91 Å². The van der Waals surface area contributed by atoms with E-state index in [1.54, 1.807) is 48.4 Å². The Hall–Kier alpha value is -3.67. The van der Waals surface area contributed by atoms with E-state index in [0.717, 1.165) is 11.8 Å². The number of hydrogen-bond acceptors (Lipinski definition) is 4. The van der Waals surface area contributed by atoms with E-state index in [2.05, 4.69) is 26.9 Å². The predicted octanol–water partition coefficient (Wildman–Crippen LogP) is 2.74. The molecule has 1 saturated carbocycles. The summed E-state index contributed by atoms with van der Waals surface area (Å²) in [6.07, 6.45) is 0.849. The van der Waals surface area contributed by atoms with Gasteiger partial charge in [-0.05, 0) is 36.0 Å². The van der Waals surface area contributed by atoms with Crippen LogP contribution >= 0.6 is 0 Å². The quantitative estimate of drug-likeness (QED) is 0.652. The van der Waals surface area contributed by atoms with Crippen molar-refractivity contribution in [1.82, 2.24) is 19.7 Å². The molecule has 6 nitrogen and oxygen atoms in total. The number of primary amides is 1. The van der Waals surface area contributed by atoms with E-state index < -0.39 is 28.8 Å². The average Bonchev–Trinajstić information content (AvgIpc) is 3.43. The first kappa shape index (κ1) is 20.6. The van der Waals surface area contributed by atoms with Gasteiger partial charge in [0.15, 0.2) is 0 Å². The van der Waals surface area contributed by atoms with E-state index in [4.69, 9.17) is 5.73 Å². The second kappa shape index (κ2) is 7.54. The molecular formula is C22H18F3N5O. The van der Waals surface area contributed by atoms with E-state index in [1.807, 2.05) is 0 Å². The number of alkyl halides is 3. The van der Waals surface area contributed by atoms with Crippen LogP contribution in [-0.2, 0) is 29.9 Å². The summed E-state index contributed by atoms with van der Waals surface area (Å²) in [6.45, 7) is 0. The fourth-order valence-electron chi connectivity index (χ4n) is 3.46. The summed E-state index contributed by atoms with van der Waals surface area (Å²) in [5, 5.41) is 4.04. The number of nitrogens with zero attached hydrogens (tertiary/aromatic N) is 4. The summed E-state index contributed by atoms with van der Waals surface area (Å²) in [6, 6.07) is 6.86. The molecular weight excluding hydrogens is 407 g/mol. The molecule has 2 N–H and O–H groups in total. The zero-order valence-corrected chi connectivity index (χ0v) is 16.6. The molecule has 31 heavy (non-hydrogen) atoms. The maximum Gasteiger partial charge on any atom is 0.420 e.